The highest BCUT2D eigenvalue weighted by Crippen LogP contribution is 2.31. The fraction of sp³-hybridized carbons (Fsp3) is 0.0952. The summed E-state index contributed by atoms with van der Waals surface area (Å²) >= 11 is 1.74. The fourth-order valence-corrected chi connectivity index (χ4v) is 3.79. The number of hydrogen-bond donors (Lipinski definition) is 2. The minimum atomic E-state index is 0.778. The molecule has 4 rings (SSSR count). The van der Waals surface area contributed by atoms with Crippen molar-refractivity contribution >= 4 is 32.9 Å². The third-order valence-corrected chi connectivity index (χ3v) is 5.22. The summed E-state index contributed by atoms with van der Waals surface area (Å²) in [4.78, 5) is 4.74. The van der Waals surface area contributed by atoms with E-state index in [-0.39, 0.29) is 0 Å². The summed E-state index contributed by atoms with van der Waals surface area (Å²) < 4.78 is 1.24. The Labute approximate surface area is 151 Å². The summed E-state index contributed by atoms with van der Waals surface area (Å²) in [6.07, 6.45) is 0. The first-order valence-electron chi connectivity index (χ1n) is 8.23. The minimum Gasteiger partial charge on any atom is -0.399 e. The van der Waals surface area contributed by atoms with Crippen molar-refractivity contribution in [2.24, 2.45) is 0 Å². The number of benzene rings is 3. The van der Waals surface area contributed by atoms with E-state index in [0.717, 1.165) is 34.0 Å². The number of fused-ring (bicyclic) bond motifs is 1. The third-order valence-electron chi connectivity index (χ3n) is 4.15. The smallest absolute Gasteiger partial charge is 0.124 e. The fourth-order valence-electron chi connectivity index (χ4n) is 2.73. The number of nitrogens with zero attached hydrogens (tertiary/aromatic N) is 1. The number of nitrogens with one attached hydrogen (secondary N) is 1. The second kappa shape index (κ2) is 6.57. The highest BCUT2D eigenvalue weighted by molar-refractivity contribution is 7.21. The molecule has 0 aliphatic carbocycles. The number of thiazole rings is 1. The molecular weight excluding hydrogens is 326 g/mol. The van der Waals surface area contributed by atoms with Gasteiger partial charge < -0.3 is 11.1 Å². The SMILES string of the molecule is Cc1ccc2nc(-c3ccc(NCc4ccc(N)cc4)cc3)sc2c1. The standard InChI is InChI=1S/C21H19N3S/c1-14-2-11-19-20(12-14)25-21(24-19)16-5-9-18(10-6-16)23-13-15-3-7-17(22)8-4-15/h2-12,23H,13,22H2,1H3. The summed E-state index contributed by atoms with van der Waals surface area (Å²) in [5, 5.41) is 4.50. The molecular formula is C21H19N3S. The summed E-state index contributed by atoms with van der Waals surface area (Å²) in [6, 6.07) is 22.8. The van der Waals surface area contributed by atoms with E-state index in [1.165, 1.54) is 15.8 Å². The molecule has 0 aliphatic heterocycles. The zero-order valence-corrected chi connectivity index (χ0v) is 14.8. The van der Waals surface area contributed by atoms with Gasteiger partial charge in [-0.15, -0.1) is 11.3 Å². The van der Waals surface area contributed by atoms with Crippen LogP contribution in [0.15, 0.2) is 66.7 Å². The molecule has 0 bridgehead atoms. The lowest BCUT2D eigenvalue weighted by molar-refractivity contribution is 1.15. The molecule has 4 heteroatoms. The lowest BCUT2D eigenvalue weighted by Crippen LogP contribution is -1.99. The molecule has 0 spiro atoms. The molecule has 3 nitrogen and oxygen atoms in total. The maximum absolute atomic E-state index is 5.72. The predicted octanol–water partition coefficient (Wildman–Crippen LogP) is 5.47. The van der Waals surface area contributed by atoms with Crippen molar-refractivity contribution in [2.45, 2.75) is 13.5 Å². The van der Waals surface area contributed by atoms with E-state index < -0.39 is 0 Å². The highest BCUT2D eigenvalue weighted by atomic mass is 32.1. The van der Waals surface area contributed by atoms with Gasteiger partial charge in [-0.2, -0.15) is 0 Å². The van der Waals surface area contributed by atoms with Gasteiger partial charge in [-0.05, 0) is 66.6 Å². The molecule has 1 heterocycles. The quantitative estimate of drug-likeness (QED) is 0.482. The lowest BCUT2D eigenvalue weighted by atomic mass is 10.2. The Morgan fingerprint density at radius 1 is 0.960 bits per heavy atom. The van der Waals surface area contributed by atoms with Gasteiger partial charge in [-0.25, -0.2) is 4.98 Å². The van der Waals surface area contributed by atoms with Crippen molar-refractivity contribution in [1.29, 1.82) is 0 Å². The molecule has 0 unspecified atom stereocenters. The topological polar surface area (TPSA) is 50.9 Å². The van der Waals surface area contributed by atoms with Gasteiger partial charge in [0.05, 0.1) is 10.2 Å². The molecule has 1 aromatic heterocycles. The zero-order chi connectivity index (χ0) is 17.2. The van der Waals surface area contributed by atoms with Crippen LogP contribution in [-0.2, 0) is 6.54 Å². The van der Waals surface area contributed by atoms with E-state index in [4.69, 9.17) is 10.7 Å². The van der Waals surface area contributed by atoms with Crippen LogP contribution < -0.4 is 11.1 Å². The van der Waals surface area contributed by atoms with Gasteiger partial charge in [0.2, 0.25) is 0 Å². The summed E-state index contributed by atoms with van der Waals surface area (Å²) in [5.74, 6) is 0. The molecule has 25 heavy (non-hydrogen) atoms. The Morgan fingerprint density at radius 3 is 2.48 bits per heavy atom. The first-order valence-corrected chi connectivity index (χ1v) is 9.05. The summed E-state index contributed by atoms with van der Waals surface area (Å²) in [6.45, 7) is 2.89. The molecule has 3 aromatic carbocycles. The van der Waals surface area contributed by atoms with Crippen LogP contribution in [0.5, 0.6) is 0 Å². The van der Waals surface area contributed by atoms with Crippen molar-refractivity contribution in [1.82, 2.24) is 4.98 Å². The minimum absolute atomic E-state index is 0.778. The van der Waals surface area contributed by atoms with Crippen LogP contribution >= 0.6 is 11.3 Å². The average Bonchev–Trinajstić information content (AvgIpc) is 3.05. The molecule has 0 saturated heterocycles. The van der Waals surface area contributed by atoms with Crippen LogP contribution in [0.4, 0.5) is 11.4 Å². The van der Waals surface area contributed by atoms with Crippen LogP contribution in [0.3, 0.4) is 0 Å². The van der Waals surface area contributed by atoms with E-state index in [1.54, 1.807) is 11.3 Å². The van der Waals surface area contributed by atoms with Crippen molar-refractivity contribution in [3.8, 4) is 10.6 Å². The molecule has 4 aromatic rings. The van der Waals surface area contributed by atoms with Gasteiger partial charge in [0.1, 0.15) is 5.01 Å². The van der Waals surface area contributed by atoms with Crippen LogP contribution in [0.2, 0.25) is 0 Å². The Balaban J connectivity index is 1.49. The van der Waals surface area contributed by atoms with Crippen molar-refractivity contribution in [3.05, 3.63) is 77.9 Å². The predicted molar refractivity (Wildman–Crippen MR) is 108 cm³/mol. The second-order valence-corrected chi connectivity index (χ2v) is 7.19. The maximum Gasteiger partial charge on any atom is 0.124 e. The largest absolute Gasteiger partial charge is 0.399 e. The van der Waals surface area contributed by atoms with E-state index in [1.807, 2.05) is 24.3 Å². The van der Waals surface area contributed by atoms with Gasteiger partial charge in [0, 0.05) is 23.5 Å². The Morgan fingerprint density at radius 2 is 1.72 bits per heavy atom. The van der Waals surface area contributed by atoms with E-state index in [2.05, 4.69) is 54.7 Å². The molecule has 0 saturated carbocycles. The lowest BCUT2D eigenvalue weighted by Gasteiger charge is -2.07. The molecule has 0 aliphatic rings. The van der Waals surface area contributed by atoms with Crippen LogP contribution in [0, 0.1) is 6.92 Å². The number of rotatable bonds is 4. The van der Waals surface area contributed by atoms with Gasteiger partial charge in [0.15, 0.2) is 0 Å². The van der Waals surface area contributed by atoms with Gasteiger partial charge in [-0.1, -0.05) is 18.2 Å². The Bertz CT molecular complexity index is 1000. The molecule has 0 radical (unpaired) electrons. The van der Waals surface area contributed by atoms with Gasteiger partial charge >= 0.3 is 0 Å². The first kappa shape index (κ1) is 15.7. The normalized spacial score (nSPS) is 10.9. The van der Waals surface area contributed by atoms with Crippen LogP contribution in [-0.4, -0.2) is 4.98 Å². The van der Waals surface area contributed by atoms with Crippen molar-refractivity contribution in [2.75, 3.05) is 11.1 Å². The van der Waals surface area contributed by atoms with Crippen LogP contribution in [0.25, 0.3) is 20.8 Å². The number of nitrogens with two attached hydrogens (primary N) is 1. The van der Waals surface area contributed by atoms with E-state index in [9.17, 15) is 0 Å². The Hall–Kier alpha value is -2.85. The first-order chi connectivity index (χ1) is 12.2. The maximum atomic E-state index is 5.72. The molecule has 3 N–H and O–H groups in total. The Kier molecular flexibility index (Phi) is 4.12. The summed E-state index contributed by atoms with van der Waals surface area (Å²) in [7, 11) is 0. The highest BCUT2D eigenvalue weighted by Gasteiger charge is 2.06. The second-order valence-electron chi connectivity index (χ2n) is 6.16. The monoisotopic (exact) mass is 345 g/mol. The third kappa shape index (κ3) is 3.49. The van der Waals surface area contributed by atoms with Crippen molar-refractivity contribution in [3.63, 3.8) is 0 Å². The zero-order valence-electron chi connectivity index (χ0n) is 14.0. The number of nitrogen functional groups attached to an aromatic ring is 1. The number of aromatic nitrogens is 1. The van der Waals surface area contributed by atoms with E-state index >= 15 is 0 Å². The number of hydrogen-bond acceptors (Lipinski definition) is 4. The average molecular weight is 345 g/mol. The van der Waals surface area contributed by atoms with Crippen molar-refractivity contribution < 1.29 is 0 Å². The molecule has 124 valence electrons. The molecule has 0 amide bonds. The van der Waals surface area contributed by atoms with Crippen LogP contribution in [0.1, 0.15) is 11.1 Å². The molecule has 0 atom stereocenters. The molecule has 0 fully saturated rings. The van der Waals surface area contributed by atoms with E-state index in [0.29, 0.717) is 0 Å². The number of anilines is 2. The number of aryl methyl sites for hydroxylation is 1. The van der Waals surface area contributed by atoms with Gasteiger partial charge in [0.25, 0.3) is 0 Å². The van der Waals surface area contributed by atoms with Gasteiger partial charge in [-0.3, -0.25) is 0 Å². The summed E-state index contributed by atoms with van der Waals surface area (Å²) in [5.41, 5.74) is 12.3.